The minimum atomic E-state index is -0.530. The molecular formula is C20H24N2O4S. The lowest BCUT2D eigenvalue weighted by atomic mass is 9.94. The highest BCUT2D eigenvalue weighted by Gasteiger charge is 2.41. The van der Waals surface area contributed by atoms with Crippen LogP contribution in [-0.4, -0.2) is 40.9 Å². The molecule has 7 heteroatoms. The van der Waals surface area contributed by atoms with Gasteiger partial charge in [0.05, 0.1) is 30.5 Å². The Morgan fingerprint density at radius 3 is 2.70 bits per heavy atom. The Morgan fingerprint density at radius 2 is 2.04 bits per heavy atom. The largest absolute Gasteiger partial charge is 0.494 e. The van der Waals surface area contributed by atoms with E-state index in [0.717, 1.165) is 17.7 Å². The molecular weight excluding hydrogens is 364 g/mol. The number of esters is 1. The molecule has 1 aromatic rings. The van der Waals surface area contributed by atoms with Crippen LogP contribution in [-0.2, 0) is 14.3 Å². The third-order valence-corrected chi connectivity index (χ3v) is 5.33. The average molecular weight is 388 g/mol. The topological polar surface area (TPSA) is 68.2 Å². The molecule has 6 nitrogen and oxygen atoms in total. The van der Waals surface area contributed by atoms with Gasteiger partial charge in [-0.05, 0) is 38.0 Å². The van der Waals surface area contributed by atoms with Crippen LogP contribution in [0.5, 0.6) is 5.75 Å². The SMILES string of the molecule is CCCOc1ccc(C2C(C(=O)OCC)=C(C)N=C3SCCC(=O)N32)cc1. The van der Waals surface area contributed by atoms with Crippen LogP contribution in [0.1, 0.15) is 45.2 Å². The quantitative estimate of drug-likeness (QED) is 0.695. The zero-order chi connectivity index (χ0) is 19.4. The molecule has 1 amide bonds. The fraction of sp³-hybridized carbons (Fsp3) is 0.450. The number of hydrogen-bond acceptors (Lipinski definition) is 6. The van der Waals surface area contributed by atoms with E-state index >= 15 is 0 Å². The Kier molecular flexibility index (Phi) is 6.21. The first-order valence-corrected chi connectivity index (χ1v) is 10.2. The number of fused-ring (bicyclic) bond motifs is 1. The van der Waals surface area contributed by atoms with E-state index in [0.29, 0.717) is 35.2 Å². The summed E-state index contributed by atoms with van der Waals surface area (Å²) in [6.07, 6.45) is 1.35. The minimum absolute atomic E-state index is 0.0295. The van der Waals surface area contributed by atoms with E-state index in [-0.39, 0.29) is 12.5 Å². The van der Waals surface area contributed by atoms with Crippen molar-refractivity contribution in [2.24, 2.45) is 4.99 Å². The molecule has 144 valence electrons. The molecule has 1 saturated heterocycles. The highest BCUT2D eigenvalue weighted by molar-refractivity contribution is 8.14. The molecule has 2 aliphatic rings. The molecule has 0 N–H and O–H groups in total. The number of amides is 1. The van der Waals surface area contributed by atoms with Crippen LogP contribution in [0.2, 0.25) is 0 Å². The number of carbonyl (C=O) groups excluding carboxylic acids is 2. The number of rotatable bonds is 6. The van der Waals surface area contributed by atoms with E-state index in [2.05, 4.69) is 11.9 Å². The van der Waals surface area contributed by atoms with Crippen LogP contribution in [0.25, 0.3) is 0 Å². The van der Waals surface area contributed by atoms with Crippen LogP contribution in [0.15, 0.2) is 40.5 Å². The fourth-order valence-electron chi connectivity index (χ4n) is 3.15. The summed E-state index contributed by atoms with van der Waals surface area (Å²) in [6, 6.07) is 7.01. The number of nitrogens with zero attached hydrogens (tertiary/aromatic N) is 2. The van der Waals surface area contributed by atoms with Crippen molar-refractivity contribution in [1.82, 2.24) is 4.90 Å². The van der Waals surface area contributed by atoms with Gasteiger partial charge in [0.15, 0.2) is 5.17 Å². The Labute approximate surface area is 163 Å². The summed E-state index contributed by atoms with van der Waals surface area (Å²) in [7, 11) is 0. The minimum Gasteiger partial charge on any atom is -0.494 e. The Morgan fingerprint density at radius 1 is 1.30 bits per heavy atom. The maximum Gasteiger partial charge on any atom is 0.338 e. The highest BCUT2D eigenvalue weighted by Crippen LogP contribution is 2.40. The van der Waals surface area contributed by atoms with Gasteiger partial charge in [0, 0.05) is 12.2 Å². The van der Waals surface area contributed by atoms with Crippen LogP contribution < -0.4 is 4.74 Å². The second-order valence-electron chi connectivity index (χ2n) is 6.30. The predicted molar refractivity (Wildman–Crippen MR) is 106 cm³/mol. The van der Waals surface area contributed by atoms with Crippen molar-refractivity contribution in [2.75, 3.05) is 19.0 Å². The summed E-state index contributed by atoms with van der Waals surface area (Å²) in [5.41, 5.74) is 1.85. The van der Waals surface area contributed by atoms with Crippen molar-refractivity contribution in [3.8, 4) is 5.75 Å². The Balaban J connectivity index is 2.02. The van der Waals surface area contributed by atoms with E-state index in [1.54, 1.807) is 18.7 Å². The van der Waals surface area contributed by atoms with E-state index < -0.39 is 12.0 Å². The van der Waals surface area contributed by atoms with Gasteiger partial charge in [0.2, 0.25) is 5.91 Å². The third kappa shape index (κ3) is 4.03. The second-order valence-corrected chi connectivity index (χ2v) is 7.36. The number of thioether (sulfide) groups is 1. The van der Waals surface area contributed by atoms with Gasteiger partial charge < -0.3 is 9.47 Å². The van der Waals surface area contributed by atoms with Crippen molar-refractivity contribution < 1.29 is 19.1 Å². The van der Waals surface area contributed by atoms with Gasteiger partial charge in [-0.15, -0.1) is 0 Å². The molecule has 0 spiro atoms. The van der Waals surface area contributed by atoms with Gasteiger partial charge in [0.1, 0.15) is 5.75 Å². The van der Waals surface area contributed by atoms with E-state index in [1.807, 2.05) is 24.3 Å². The van der Waals surface area contributed by atoms with Crippen molar-refractivity contribution in [2.45, 2.75) is 39.7 Å². The number of amidine groups is 1. The standard InChI is InChI=1S/C20H24N2O4S/c1-4-11-26-15-8-6-14(7-9-15)18-17(19(24)25-5-2)13(3)21-20-22(18)16(23)10-12-27-20/h6-9,18H,4-5,10-12H2,1-3H3. The monoisotopic (exact) mass is 388 g/mol. The first-order chi connectivity index (χ1) is 13.1. The van der Waals surface area contributed by atoms with Crippen molar-refractivity contribution in [1.29, 1.82) is 0 Å². The molecule has 1 unspecified atom stereocenters. The summed E-state index contributed by atoms with van der Waals surface area (Å²) in [5.74, 6) is 1.01. The fourth-order valence-corrected chi connectivity index (χ4v) is 4.15. The number of aliphatic imine (C=N–C) groups is 1. The molecule has 2 heterocycles. The lowest BCUT2D eigenvalue weighted by Gasteiger charge is -2.38. The van der Waals surface area contributed by atoms with E-state index in [1.165, 1.54) is 11.8 Å². The molecule has 0 saturated carbocycles. The van der Waals surface area contributed by atoms with Crippen molar-refractivity contribution >= 4 is 28.8 Å². The average Bonchev–Trinajstić information content (AvgIpc) is 2.66. The maximum atomic E-state index is 12.7. The number of ether oxygens (including phenoxy) is 2. The lowest BCUT2D eigenvalue weighted by molar-refractivity contribution is -0.139. The zero-order valence-electron chi connectivity index (χ0n) is 15.9. The van der Waals surface area contributed by atoms with Gasteiger partial charge in [-0.2, -0.15) is 0 Å². The van der Waals surface area contributed by atoms with Gasteiger partial charge in [-0.25, -0.2) is 9.79 Å². The maximum absolute atomic E-state index is 12.7. The van der Waals surface area contributed by atoms with Crippen LogP contribution >= 0.6 is 11.8 Å². The Bertz CT molecular complexity index is 786. The summed E-state index contributed by atoms with van der Waals surface area (Å²) in [4.78, 5) is 31.5. The predicted octanol–water partition coefficient (Wildman–Crippen LogP) is 3.69. The summed E-state index contributed by atoms with van der Waals surface area (Å²) in [5, 5.41) is 0.646. The molecule has 0 aliphatic carbocycles. The first-order valence-electron chi connectivity index (χ1n) is 9.21. The first kappa shape index (κ1) is 19.5. The summed E-state index contributed by atoms with van der Waals surface area (Å²) < 4.78 is 10.9. The summed E-state index contributed by atoms with van der Waals surface area (Å²) in [6.45, 7) is 6.53. The smallest absolute Gasteiger partial charge is 0.338 e. The molecule has 0 radical (unpaired) electrons. The number of hydrogen-bond donors (Lipinski definition) is 0. The number of carbonyl (C=O) groups is 2. The zero-order valence-corrected chi connectivity index (χ0v) is 16.7. The molecule has 1 aromatic carbocycles. The molecule has 3 rings (SSSR count). The lowest BCUT2D eigenvalue weighted by Crippen LogP contribution is -2.45. The number of benzene rings is 1. The molecule has 1 atom stereocenters. The van der Waals surface area contributed by atoms with E-state index in [4.69, 9.17) is 9.47 Å². The van der Waals surface area contributed by atoms with Gasteiger partial charge >= 0.3 is 5.97 Å². The molecule has 1 fully saturated rings. The normalized spacial score (nSPS) is 19.5. The highest BCUT2D eigenvalue weighted by atomic mass is 32.2. The molecule has 0 aromatic heterocycles. The molecule has 0 bridgehead atoms. The Hall–Kier alpha value is -2.28. The van der Waals surface area contributed by atoms with Crippen molar-refractivity contribution in [3.63, 3.8) is 0 Å². The van der Waals surface area contributed by atoms with Crippen LogP contribution in [0.3, 0.4) is 0 Å². The molecule has 2 aliphatic heterocycles. The van der Waals surface area contributed by atoms with Crippen molar-refractivity contribution in [3.05, 3.63) is 41.1 Å². The number of allylic oxidation sites excluding steroid dienone is 1. The summed E-state index contributed by atoms with van der Waals surface area (Å²) >= 11 is 1.54. The van der Waals surface area contributed by atoms with Gasteiger partial charge in [0.25, 0.3) is 0 Å². The van der Waals surface area contributed by atoms with Gasteiger partial charge in [-0.3, -0.25) is 9.69 Å². The second kappa shape index (κ2) is 8.61. The van der Waals surface area contributed by atoms with E-state index in [9.17, 15) is 9.59 Å². The van der Waals surface area contributed by atoms with Crippen LogP contribution in [0.4, 0.5) is 0 Å². The van der Waals surface area contributed by atoms with Crippen LogP contribution in [0, 0.1) is 0 Å². The third-order valence-electron chi connectivity index (χ3n) is 4.37. The molecule has 27 heavy (non-hydrogen) atoms. The van der Waals surface area contributed by atoms with Gasteiger partial charge in [-0.1, -0.05) is 30.8 Å².